The number of hydrogen-bond donors (Lipinski definition) is 1. The zero-order valence-electron chi connectivity index (χ0n) is 10.5. The minimum atomic E-state index is -0.177. The van der Waals surface area contributed by atoms with Gasteiger partial charge in [-0.1, -0.05) is 19.1 Å². The summed E-state index contributed by atoms with van der Waals surface area (Å²) in [5, 5.41) is 9.01. The molecule has 0 aliphatic rings. The van der Waals surface area contributed by atoms with E-state index in [4.69, 9.17) is 10.00 Å². The molecule has 0 amide bonds. The number of nitriles is 1. The van der Waals surface area contributed by atoms with Crippen molar-refractivity contribution in [2.75, 3.05) is 7.11 Å². The van der Waals surface area contributed by atoms with Crippen molar-refractivity contribution in [1.82, 2.24) is 9.97 Å². The number of benzene rings is 1. The molecule has 1 unspecified atom stereocenters. The topological polar surface area (TPSA) is 61.7 Å². The number of nitrogens with one attached hydrogen (secondary N) is 1. The maximum absolute atomic E-state index is 9.01. The molecule has 0 saturated carbocycles. The predicted octanol–water partition coefficient (Wildman–Crippen LogP) is 3.10. The summed E-state index contributed by atoms with van der Waals surface area (Å²) in [5.74, 6) is 1.35. The number of aromatic nitrogens is 2. The van der Waals surface area contributed by atoms with Crippen molar-refractivity contribution in [1.29, 1.82) is 5.26 Å². The number of methoxy groups -OCH3 is 1. The number of hydrogen-bond acceptors (Lipinski definition) is 3. The molecule has 1 N–H and O–H groups in total. The summed E-state index contributed by atoms with van der Waals surface area (Å²) < 4.78 is 5.19. The first kappa shape index (κ1) is 12.2. The summed E-state index contributed by atoms with van der Waals surface area (Å²) in [5.41, 5.74) is 1.90. The Labute approximate surface area is 106 Å². The van der Waals surface area contributed by atoms with Gasteiger partial charge in [0.1, 0.15) is 17.5 Å². The van der Waals surface area contributed by atoms with Crippen molar-refractivity contribution in [3.63, 3.8) is 0 Å². The van der Waals surface area contributed by atoms with Crippen molar-refractivity contribution in [3.05, 3.63) is 36.3 Å². The molecule has 0 spiro atoms. The molecular formula is C14H15N3O. The number of rotatable bonds is 4. The lowest BCUT2D eigenvalue weighted by molar-refractivity contribution is 0.415. The van der Waals surface area contributed by atoms with Gasteiger partial charge >= 0.3 is 0 Å². The average Bonchev–Trinajstić information content (AvgIpc) is 2.90. The maximum Gasteiger partial charge on any atom is 0.123 e. The van der Waals surface area contributed by atoms with Crippen LogP contribution >= 0.6 is 0 Å². The van der Waals surface area contributed by atoms with Gasteiger partial charge in [0.25, 0.3) is 0 Å². The van der Waals surface area contributed by atoms with Crippen LogP contribution in [0.4, 0.5) is 0 Å². The second-order valence-electron chi connectivity index (χ2n) is 4.00. The molecule has 0 aliphatic heterocycles. The van der Waals surface area contributed by atoms with Crippen molar-refractivity contribution < 1.29 is 4.74 Å². The molecule has 1 heterocycles. The quantitative estimate of drug-likeness (QED) is 0.894. The lowest BCUT2D eigenvalue weighted by Crippen LogP contribution is -1.95. The normalized spacial score (nSPS) is 11.8. The standard InChI is InChI=1S/C14H15N3O/c1-3-10(8-15)14-16-9-13(17-14)11-5-4-6-12(7-11)18-2/h4-7,9-10H,3H2,1-2H3,(H,16,17). The van der Waals surface area contributed by atoms with E-state index in [1.54, 1.807) is 13.3 Å². The van der Waals surface area contributed by atoms with Crippen molar-refractivity contribution in [2.24, 2.45) is 0 Å². The first-order chi connectivity index (χ1) is 8.78. The third-order valence-electron chi connectivity index (χ3n) is 2.87. The monoisotopic (exact) mass is 241 g/mol. The van der Waals surface area contributed by atoms with Crippen LogP contribution in [-0.4, -0.2) is 17.1 Å². The Morgan fingerprint density at radius 3 is 3.00 bits per heavy atom. The van der Waals surface area contributed by atoms with Gasteiger partial charge in [0.2, 0.25) is 0 Å². The highest BCUT2D eigenvalue weighted by molar-refractivity contribution is 5.60. The van der Waals surface area contributed by atoms with Crippen LogP contribution < -0.4 is 4.74 Å². The van der Waals surface area contributed by atoms with Gasteiger partial charge in [0.05, 0.1) is 25.1 Å². The van der Waals surface area contributed by atoms with E-state index in [9.17, 15) is 0 Å². The summed E-state index contributed by atoms with van der Waals surface area (Å²) in [6.45, 7) is 1.97. The van der Waals surface area contributed by atoms with Crippen molar-refractivity contribution in [2.45, 2.75) is 19.3 Å². The predicted molar refractivity (Wildman–Crippen MR) is 69.2 cm³/mol. The van der Waals surface area contributed by atoms with Gasteiger partial charge in [-0.05, 0) is 18.6 Å². The minimum Gasteiger partial charge on any atom is -0.497 e. The Hall–Kier alpha value is -2.28. The molecule has 0 saturated heterocycles. The Kier molecular flexibility index (Phi) is 3.63. The van der Waals surface area contributed by atoms with Gasteiger partial charge in [-0.2, -0.15) is 5.26 Å². The fourth-order valence-corrected chi connectivity index (χ4v) is 1.80. The molecule has 1 aromatic carbocycles. The Balaban J connectivity index is 2.32. The summed E-state index contributed by atoms with van der Waals surface area (Å²) in [6.07, 6.45) is 2.51. The fourth-order valence-electron chi connectivity index (χ4n) is 1.80. The van der Waals surface area contributed by atoms with Crippen LogP contribution in [0.15, 0.2) is 30.5 Å². The number of imidazole rings is 1. The van der Waals surface area contributed by atoms with E-state index in [1.165, 1.54) is 0 Å². The van der Waals surface area contributed by atoms with E-state index in [-0.39, 0.29) is 5.92 Å². The largest absolute Gasteiger partial charge is 0.497 e. The molecule has 2 rings (SSSR count). The zero-order chi connectivity index (χ0) is 13.0. The van der Waals surface area contributed by atoms with Gasteiger partial charge in [-0.3, -0.25) is 0 Å². The van der Waals surface area contributed by atoms with Crippen LogP contribution in [0.1, 0.15) is 25.1 Å². The van der Waals surface area contributed by atoms with Crippen molar-refractivity contribution >= 4 is 0 Å². The lowest BCUT2D eigenvalue weighted by atomic mass is 10.1. The highest BCUT2D eigenvalue weighted by atomic mass is 16.5. The molecule has 0 aliphatic carbocycles. The van der Waals surface area contributed by atoms with E-state index >= 15 is 0 Å². The lowest BCUT2D eigenvalue weighted by Gasteiger charge is -2.03. The first-order valence-corrected chi connectivity index (χ1v) is 5.87. The number of aromatic amines is 1. The van der Waals surface area contributed by atoms with Gasteiger partial charge in [-0.25, -0.2) is 4.98 Å². The number of ether oxygens (including phenoxy) is 1. The highest BCUT2D eigenvalue weighted by Crippen LogP contribution is 2.24. The van der Waals surface area contributed by atoms with E-state index in [0.717, 1.165) is 29.3 Å². The third-order valence-corrected chi connectivity index (χ3v) is 2.87. The van der Waals surface area contributed by atoms with Crippen LogP contribution in [0.25, 0.3) is 11.3 Å². The van der Waals surface area contributed by atoms with E-state index < -0.39 is 0 Å². The number of H-pyrrole nitrogens is 1. The highest BCUT2D eigenvalue weighted by Gasteiger charge is 2.12. The minimum absolute atomic E-state index is 0.177. The van der Waals surface area contributed by atoms with E-state index in [2.05, 4.69) is 16.0 Å². The van der Waals surface area contributed by atoms with Gasteiger partial charge in [0.15, 0.2) is 0 Å². The molecule has 2 aromatic rings. The Morgan fingerprint density at radius 1 is 1.50 bits per heavy atom. The smallest absolute Gasteiger partial charge is 0.123 e. The van der Waals surface area contributed by atoms with E-state index in [0.29, 0.717) is 0 Å². The number of nitrogens with zero attached hydrogens (tertiary/aromatic N) is 2. The molecule has 1 aromatic heterocycles. The van der Waals surface area contributed by atoms with Crippen LogP contribution in [0, 0.1) is 11.3 Å². The molecule has 4 heteroatoms. The molecule has 1 atom stereocenters. The zero-order valence-corrected chi connectivity index (χ0v) is 10.5. The summed E-state index contributed by atoms with van der Waals surface area (Å²) in [7, 11) is 1.64. The SMILES string of the molecule is CCC(C#N)c1ncc(-c2cccc(OC)c2)[nH]1. The summed E-state index contributed by atoms with van der Waals surface area (Å²) in [6, 6.07) is 9.97. The van der Waals surface area contributed by atoms with Crippen LogP contribution in [-0.2, 0) is 0 Å². The van der Waals surface area contributed by atoms with Gasteiger partial charge in [0, 0.05) is 5.56 Å². The van der Waals surface area contributed by atoms with Crippen LogP contribution in [0.5, 0.6) is 5.75 Å². The molecule has 0 bridgehead atoms. The molecule has 0 radical (unpaired) electrons. The average molecular weight is 241 g/mol. The van der Waals surface area contributed by atoms with E-state index in [1.807, 2.05) is 31.2 Å². The van der Waals surface area contributed by atoms with Crippen LogP contribution in [0.2, 0.25) is 0 Å². The van der Waals surface area contributed by atoms with Crippen LogP contribution in [0.3, 0.4) is 0 Å². The first-order valence-electron chi connectivity index (χ1n) is 5.87. The molecule has 92 valence electrons. The molecule has 18 heavy (non-hydrogen) atoms. The molecule has 0 fully saturated rings. The Morgan fingerprint density at radius 2 is 2.33 bits per heavy atom. The second-order valence-corrected chi connectivity index (χ2v) is 4.00. The summed E-state index contributed by atoms with van der Waals surface area (Å²) >= 11 is 0. The maximum atomic E-state index is 9.01. The second kappa shape index (κ2) is 5.37. The molecular weight excluding hydrogens is 226 g/mol. The van der Waals surface area contributed by atoms with Crippen molar-refractivity contribution in [3.8, 4) is 23.1 Å². The Bertz CT molecular complexity index is 568. The van der Waals surface area contributed by atoms with Gasteiger partial charge < -0.3 is 9.72 Å². The molecule has 4 nitrogen and oxygen atoms in total. The fraction of sp³-hybridized carbons (Fsp3) is 0.286. The van der Waals surface area contributed by atoms with Gasteiger partial charge in [-0.15, -0.1) is 0 Å². The third kappa shape index (κ3) is 2.35. The summed E-state index contributed by atoms with van der Waals surface area (Å²) in [4.78, 5) is 7.46.